The zero-order valence-corrected chi connectivity index (χ0v) is 13.8. The maximum atomic E-state index is 6.22. The lowest BCUT2D eigenvalue weighted by molar-refractivity contribution is 0.239. The van der Waals surface area contributed by atoms with Crippen LogP contribution in [0.4, 0.5) is 0 Å². The van der Waals surface area contributed by atoms with Crippen molar-refractivity contribution in [1.29, 1.82) is 0 Å². The standard InChI is InChI=1S/C15H17Cl2NOS/c1-10(2)19-15-11(6-12(16)7-14(15)17)8-18-9-13-4-3-5-20-13/h3-7,10,18H,8-9H2,1-2H3. The van der Waals surface area contributed by atoms with Crippen LogP contribution in [0.5, 0.6) is 5.75 Å². The summed E-state index contributed by atoms with van der Waals surface area (Å²) in [7, 11) is 0. The quantitative estimate of drug-likeness (QED) is 0.792. The monoisotopic (exact) mass is 329 g/mol. The minimum atomic E-state index is 0.0738. The molecule has 2 rings (SSSR count). The smallest absolute Gasteiger partial charge is 0.142 e. The number of ether oxygens (including phenoxy) is 1. The molecule has 1 N–H and O–H groups in total. The van der Waals surface area contributed by atoms with E-state index in [2.05, 4.69) is 16.8 Å². The number of rotatable bonds is 6. The summed E-state index contributed by atoms with van der Waals surface area (Å²) in [5, 5.41) is 6.63. The first-order valence-electron chi connectivity index (χ1n) is 6.44. The average Bonchev–Trinajstić information content (AvgIpc) is 2.86. The van der Waals surface area contributed by atoms with E-state index in [0.717, 1.165) is 12.1 Å². The second-order valence-electron chi connectivity index (χ2n) is 4.73. The van der Waals surface area contributed by atoms with E-state index in [9.17, 15) is 0 Å². The van der Waals surface area contributed by atoms with E-state index < -0.39 is 0 Å². The first-order chi connectivity index (χ1) is 9.56. The second kappa shape index (κ2) is 7.32. The molecular weight excluding hydrogens is 313 g/mol. The van der Waals surface area contributed by atoms with E-state index in [1.165, 1.54) is 4.88 Å². The van der Waals surface area contributed by atoms with Crippen LogP contribution in [0.2, 0.25) is 10.0 Å². The fourth-order valence-electron chi connectivity index (χ4n) is 1.85. The highest BCUT2D eigenvalue weighted by Crippen LogP contribution is 2.33. The molecule has 0 fully saturated rings. The molecular formula is C15H17Cl2NOS. The SMILES string of the molecule is CC(C)Oc1c(Cl)cc(Cl)cc1CNCc1cccs1. The van der Waals surface area contributed by atoms with Crippen LogP contribution in [0.1, 0.15) is 24.3 Å². The van der Waals surface area contributed by atoms with Crippen molar-refractivity contribution in [3.8, 4) is 5.75 Å². The summed E-state index contributed by atoms with van der Waals surface area (Å²) < 4.78 is 5.79. The van der Waals surface area contributed by atoms with Crippen LogP contribution >= 0.6 is 34.5 Å². The van der Waals surface area contributed by atoms with Crippen molar-refractivity contribution in [1.82, 2.24) is 5.32 Å². The van der Waals surface area contributed by atoms with Crippen molar-refractivity contribution in [2.75, 3.05) is 0 Å². The van der Waals surface area contributed by atoms with E-state index >= 15 is 0 Å². The number of hydrogen-bond acceptors (Lipinski definition) is 3. The lowest BCUT2D eigenvalue weighted by Crippen LogP contribution is -2.15. The summed E-state index contributed by atoms with van der Waals surface area (Å²) in [6.45, 7) is 5.45. The van der Waals surface area contributed by atoms with Gasteiger partial charge in [0, 0.05) is 28.6 Å². The topological polar surface area (TPSA) is 21.3 Å². The molecule has 0 unspecified atom stereocenters. The molecule has 0 aliphatic carbocycles. The number of hydrogen-bond donors (Lipinski definition) is 1. The number of benzene rings is 1. The van der Waals surface area contributed by atoms with Gasteiger partial charge in [-0.3, -0.25) is 0 Å². The molecule has 0 aliphatic heterocycles. The Morgan fingerprint density at radius 1 is 1.25 bits per heavy atom. The molecule has 0 atom stereocenters. The summed E-state index contributed by atoms with van der Waals surface area (Å²) in [6, 6.07) is 7.76. The van der Waals surface area contributed by atoms with Gasteiger partial charge in [-0.25, -0.2) is 0 Å². The molecule has 1 heterocycles. The zero-order valence-electron chi connectivity index (χ0n) is 11.5. The third-order valence-electron chi connectivity index (χ3n) is 2.63. The van der Waals surface area contributed by atoms with Gasteiger partial charge in [-0.2, -0.15) is 0 Å². The van der Waals surface area contributed by atoms with Gasteiger partial charge in [0.1, 0.15) is 5.75 Å². The summed E-state index contributed by atoms with van der Waals surface area (Å²) in [5.74, 6) is 0.713. The van der Waals surface area contributed by atoms with Crippen molar-refractivity contribution in [3.63, 3.8) is 0 Å². The van der Waals surface area contributed by atoms with Gasteiger partial charge in [0.2, 0.25) is 0 Å². The van der Waals surface area contributed by atoms with Gasteiger partial charge in [-0.05, 0) is 37.4 Å². The Balaban J connectivity index is 2.08. The lowest BCUT2D eigenvalue weighted by Gasteiger charge is -2.16. The minimum absolute atomic E-state index is 0.0738. The highest BCUT2D eigenvalue weighted by Gasteiger charge is 2.12. The van der Waals surface area contributed by atoms with E-state index in [1.54, 1.807) is 17.4 Å². The van der Waals surface area contributed by atoms with Gasteiger partial charge < -0.3 is 10.1 Å². The average molecular weight is 330 g/mol. The Morgan fingerprint density at radius 2 is 2.05 bits per heavy atom. The van der Waals surface area contributed by atoms with Crippen LogP contribution in [-0.2, 0) is 13.1 Å². The maximum Gasteiger partial charge on any atom is 0.142 e. The molecule has 2 aromatic rings. The van der Waals surface area contributed by atoms with Gasteiger partial charge in [-0.15, -0.1) is 11.3 Å². The zero-order chi connectivity index (χ0) is 14.5. The molecule has 0 saturated heterocycles. The van der Waals surface area contributed by atoms with E-state index in [0.29, 0.717) is 22.3 Å². The summed E-state index contributed by atoms with van der Waals surface area (Å²) in [5.41, 5.74) is 0.979. The lowest BCUT2D eigenvalue weighted by atomic mass is 10.2. The number of halogens is 2. The third kappa shape index (κ3) is 4.38. The van der Waals surface area contributed by atoms with E-state index in [1.807, 2.05) is 26.0 Å². The molecule has 0 radical (unpaired) electrons. The summed E-state index contributed by atoms with van der Waals surface area (Å²) >= 11 is 14.0. The molecule has 5 heteroatoms. The molecule has 0 aliphatic rings. The number of nitrogens with one attached hydrogen (secondary N) is 1. The normalized spacial score (nSPS) is 11.1. The predicted molar refractivity (Wildman–Crippen MR) is 87.1 cm³/mol. The van der Waals surface area contributed by atoms with Gasteiger partial charge in [0.15, 0.2) is 0 Å². The molecule has 1 aromatic carbocycles. The summed E-state index contributed by atoms with van der Waals surface area (Å²) in [6.07, 6.45) is 0.0738. The molecule has 0 amide bonds. The van der Waals surface area contributed by atoms with Crippen molar-refractivity contribution in [2.45, 2.75) is 33.0 Å². The Morgan fingerprint density at radius 3 is 2.70 bits per heavy atom. The van der Waals surface area contributed by atoms with Gasteiger partial charge in [0.05, 0.1) is 11.1 Å². The molecule has 108 valence electrons. The fourth-order valence-corrected chi connectivity index (χ4v) is 3.10. The first kappa shape index (κ1) is 15.6. The highest BCUT2D eigenvalue weighted by molar-refractivity contribution is 7.09. The molecule has 0 bridgehead atoms. The minimum Gasteiger partial charge on any atom is -0.489 e. The number of thiophene rings is 1. The van der Waals surface area contributed by atoms with E-state index in [-0.39, 0.29) is 6.10 Å². The van der Waals surface area contributed by atoms with Crippen LogP contribution in [0.25, 0.3) is 0 Å². The van der Waals surface area contributed by atoms with Crippen LogP contribution in [0.15, 0.2) is 29.6 Å². The van der Waals surface area contributed by atoms with Crippen LogP contribution in [-0.4, -0.2) is 6.10 Å². The highest BCUT2D eigenvalue weighted by atomic mass is 35.5. The summed E-state index contributed by atoms with van der Waals surface area (Å²) in [4.78, 5) is 1.30. The second-order valence-corrected chi connectivity index (χ2v) is 6.60. The van der Waals surface area contributed by atoms with Crippen molar-refractivity contribution < 1.29 is 4.74 Å². The van der Waals surface area contributed by atoms with Crippen molar-refractivity contribution >= 4 is 34.5 Å². The fraction of sp³-hybridized carbons (Fsp3) is 0.333. The Labute approximate surface area is 133 Å². The van der Waals surface area contributed by atoms with Crippen molar-refractivity contribution in [3.05, 3.63) is 50.1 Å². The van der Waals surface area contributed by atoms with Gasteiger partial charge in [-0.1, -0.05) is 29.3 Å². The molecule has 1 aromatic heterocycles. The van der Waals surface area contributed by atoms with Gasteiger partial charge in [0.25, 0.3) is 0 Å². The molecule has 2 nitrogen and oxygen atoms in total. The van der Waals surface area contributed by atoms with E-state index in [4.69, 9.17) is 27.9 Å². The third-order valence-corrected chi connectivity index (χ3v) is 4.01. The first-order valence-corrected chi connectivity index (χ1v) is 8.07. The Bertz CT molecular complexity index is 555. The largest absolute Gasteiger partial charge is 0.489 e. The predicted octanol–water partition coefficient (Wildman–Crippen LogP) is 5.13. The Kier molecular flexibility index (Phi) is 5.73. The molecule has 20 heavy (non-hydrogen) atoms. The molecule has 0 saturated carbocycles. The van der Waals surface area contributed by atoms with Crippen LogP contribution in [0, 0.1) is 0 Å². The van der Waals surface area contributed by atoms with Crippen LogP contribution < -0.4 is 10.1 Å². The van der Waals surface area contributed by atoms with Crippen molar-refractivity contribution in [2.24, 2.45) is 0 Å². The molecule has 0 spiro atoms. The maximum absolute atomic E-state index is 6.22. The Hall–Kier alpha value is -0.740. The van der Waals surface area contributed by atoms with Gasteiger partial charge >= 0.3 is 0 Å². The van der Waals surface area contributed by atoms with Crippen LogP contribution in [0.3, 0.4) is 0 Å².